The molecule has 0 aromatic heterocycles. The van der Waals surface area contributed by atoms with Gasteiger partial charge in [0.1, 0.15) is 0 Å². The Morgan fingerprint density at radius 2 is 1.50 bits per heavy atom. The molecule has 6 heteroatoms. The van der Waals surface area contributed by atoms with Gasteiger partial charge < -0.3 is 4.74 Å². The van der Waals surface area contributed by atoms with Crippen molar-refractivity contribution in [1.82, 2.24) is 4.90 Å². The quantitative estimate of drug-likeness (QED) is 0.306. The minimum Gasteiger partial charge on any atom is -0.454 e. The number of imide groups is 1. The van der Waals surface area contributed by atoms with E-state index in [1.807, 2.05) is 19.1 Å². The molecular formula is C26H29NO5. The summed E-state index contributed by atoms with van der Waals surface area (Å²) in [7, 11) is 0. The number of Topliss-reactive ketones (excluding diaryl/α,β-unsaturated/α-hetero) is 1. The summed E-state index contributed by atoms with van der Waals surface area (Å²) in [4.78, 5) is 52.8. The summed E-state index contributed by atoms with van der Waals surface area (Å²) in [5.41, 5.74) is 1.59. The van der Waals surface area contributed by atoms with Gasteiger partial charge in [-0.1, -0.05) is 42.0 Å². The molecule has 0 N–H and O–H groups in total. The second kappa shape index (κ2) is 7.98. The monoisotopic (exact) mass is 435 g/mol. The van der Waals surface area contributed by atoms with Crippen molar-refractivity contribution < 1.29 is 23.9 Å². The average Bonchev–Trinajstić information content (AvgIpc) is 3.47. The smallest absolute Gasteiger partial charge is 0.309 e. The number of fused-ring (bicyclic) bond motifs is 5. The molecular weight excluding hydrogens is 406 g/mol. The molecule has 1 aromatic carbocycles. The Morgan fingerprint density at radius 1 is 0.938 bits per heavy atom. The second-order valence-corrected chi connectivity index (χ2v) is 9.86. The standard InChI is InChI=1S/C26H29NO5/c1-14-3-5-16(6-4-14)23(28)15(2)32-26(31)17-9-11-20(12-10-17)27-24(29)21-18-7-8-19(13-18)22(21)25(27)30/h3-8,15,17-22H,9-13H2,1-2H3/t15-,17?,18+,19+,20?,21-,22+/m1/s1. The van der Waals surface area contributed by atoms with Crippen LogP contribution < -0.4 is 0 Å². The average molecular weight is 436 g/mol. The summed E-state index contributed by atoms with van der Waals surface area (Å²) in [5, 5.41) is 0. The Balaban J connectivity index is 1.16. The van der Waals surface area contributed by atoms with Crippen molar-refractivity contribution in [1.29, 1.82) is 0 Å². The molecule has 2 saturated carbocycles. The van der Waals surface area contributed by atoms with Gasteiger partial charge >= 0.3 is 5.97 Å². The van der Waals surface area contributed by atoms with E-state index in [1.54, 1.807) is 19.1 Å². The molecule has 32 heavy (non-hydrogen) atoms. The number of esters is 1. The molecule has 1 aliphatic heterocycles. The molecule has 0 unspecified atom stereocenters. The highest BCUT2D eigenvalue weighted by Gasteiger charge is 2.60. The van der Waals surface area contributed by atoms with E-state index in [2.05, 4.69) is 12.2 Å². The number of hydrogen-bond donors (Lipinski definition) is 0. The highest BCUT2D eigenvalue weighted by atomic mass is 16.5. The van der Waals surface area contributed by atoms with Crippen LogP contribution in [-0.2, 0) is 19.1 Å². The highest BCUT2D eigenvalue weighted by molar-refractivity contribution is 6.06. The lowest BCUT2D eigenvalue weighted by Gasteiger charge is -2.33. The Kier molecular flexibility index (Phi) is 5.26. The maximum Gasteiger partial charge on any atom is 0.309 e. The molecule has 1 aromatic rings. The van der Waals surface area contributed by atoms with Crippen molar-refractivity contribution in [3.63, 3.8) is 0 Å². The van der Waals surface area contributed by atoms with Crippen molar-refractivity contribution in [3.05, 3.63) is 47.5 Å². The van der Waals surface area contributed by atoms with Crippen LogP contribution in [0.2, 0.25) is 0 Å². The predicted molar refractivity (Wildman–Crippen MR) is 116 cm³/mol. The van der Waals surface area contributed by atoms with Gasteiger partial charge in [-0.2, -0.15) is 0 Å². The number of aryl methyl sites for hydroxylation is 1. The molecule has 2 bridgehead atoms. The van der Waals surface area contributed by atoms with Gasteiger partial charge in [0.05, 0.1) is 17.8 Å². The van der Waals surface area contributed by atoms with E-state index in [1.165, 1.54) is 4.90 Å². The van der Waals surface area contributed by atoms with Gasteiger partial charge in [-0.3, -0.25) is 24.1 Å². The molecule has 4 aliphatic rings. The first-order chi connectivity index (χ1) is 15.3. The van der Waals surface area contributed by atoms with E-state index in [-0.39, 0.29) is 59.2 Å². The van der Waals surface area contributed by atoms with Gasteiger partial charge in [0.25, 0.3) is 0 Å². The summed E-state index contributed by atoms with van der Waals surface area (Å²) >= 11 is 0. The van der Waals surface area contributed by atoms with Crippen LogP contribution in [0.3, 0.4) is 0 Å². The first-order valence-corrected chi connectivity index (χ1v) is 11.7. The fourth-order valence-corrected chi connectivity index (χ4v) is 6.13. The molecule has 5 atom stereocenters. The minimum atomic E-state index is -0.841. The normalized spacial score (nSPS) is 34.0. The van der Waals surface area contributed by atoms with E-state index < -0.39 is 6.10 Å². The molecule has 0 spiro atoms. The van der Waals surface area contributed by atoms with Crippen LogP contribution in [0.15, 0.2) is 36.4 Å². The number of rotatable bonds is 5. The number of amides is 2. The zero-order valence-corrected chi connectivity index (χ0v) is 18.5. The third kappa shape index (κ3) is 3.40. The number of likely N-dealkylation sites (tertiary alicyclic amines) is 1. The SMILES string of the molecule is Cc1ccc(C(=O)[C@@H](C)OC(=O)C2CCC(N3C(=O)[C@@H]4[C@H](C3=O)[C@H]3C=C[C@H]4C3)CC2)cc1. The van der Waals surface area contributed by atoms with Gasteiger partial charge in [-0.05, 0) is 57.8 Å². The largest absolute Gasteiger partial charge is 0.454 e. The molecule has 168 valence electrons. The van der Waals surface area contributed by atoms with Crippen molar-refractivity contribution in [2.24, 2.45) is 29.6 Å². The zero-order valence-electron chi connectivity index (χ0n) is 18.5. The number of allylic oxidation sites excluding steroid dienone is 2. The lowest BCUT2D eigenvalue weighted by molar-refractivity contribution is -0.153. The third-order valence-electron chi connectivity index (χ3n) is 7.90. The van der Waals surface area contributed by atoms with Crippen molar-refractivity contribution >= 4 is 23.6 Å². The topological polar surface area (TPSA) is 80.8 Å². The molecule has 1 heterocycles. The van der Waals surface area contributed by atoms with E-state index in [0.29, 0.717) is 31.2 Å². The number of benzene rings is 1. The Labute approximate surface area is 188 Å². The Morgan fingerprint density at radius 3 is 2.06 bits per heavy atom. The van der Waals surface area contributed by atoms with Gasteiger partial charge in [-0.25, -0.2) is 0 Å². The van der Waals surface area contributed by atoms with E-state index in [4.69, 9.17) is 4.74 Å². The summed E-state index contributed by atoms with van der Waals surface area (Å²) in [6, 6.07) is 7.08. The first kappa shape index (κ1) is 21.1. The fourth-order valence-electron chi connectivity index (χ4n) is 6.13. The molecule has 2 amide bonds. The summed E-state index contributed by atoms with van der Waals surface area (Å²) < 4.78 is 5.49. The molecule has 6 nitrogen and oxygen atoms in total. The summed E-state index contributed by atoms with van der Waals surface area (Å²) in [6.07, 6.45) is 6.64. The van der Waals surface area contributed by atoms with Crippen molar-refractivity contribution in [2.75, 3.05) is 0 Å². The number of ether oxygens (including phenoxy) is 1. The maximum atomic E-state index is 13.0. The van der Waals surface area contributed by atoms with E-state index >= 15 is 0 Å². The maximum absolute atomic E-state index is 13.0. The molecule has 3 fully saturated rings. The lowest BCUT2D eigenvalue weighted by Crippen LogP contribution is -2.44. The number of carbonyl (C=O) groups is 4. The Hall–Kier alpha value is -2.76. The Bertz CT molecular complexity index is 958. The number of carbonyl (C=O) groups excluding carboxylic acids is 4. The van der Waals surface area contributed by atoms with Crippen LogP contribution >= 0.6 is 0 Å². The third-order valence-corrected chi connectivity index (χ3v) is 7.90. The summed E-state index contributed by atoms with van der Waals surface area (Å²) in [5.74, 6) is -0.826. The van der Waals surface area contributed by atoms with Gasteiger partial charge in [0.2, 0.25) is 17.6 Å². The molecule has 0 radical (unpaired) electrons. The molecule has 3 aliphatic carbocycles. The molecule has 5 rings (SSSR count). The predicted octanol–water partition coefficient (Wildman–Crippen LogP) is 3.48. The van der Waals surface area contributed by atoms with Gasteiger partial charge in [-0.15, -0.1) is 0 Å². The molecule has 1 saturated heterocycles. The van der Waals surface area contributed by atoms with Crippen LogP contribution in [-0.4, -0.2) is 40.6 Å². The van der Waals surface area contributed by atoms with Crippen molar-refractivity contribution in [2.45, 2.75) is 58.1 Å². The van der Waals surface area contributed by atoms with Crippen LogP contribution in [0, 0.1) is 36.5 Å². The van der Waals surface area contributed by atoms with Crippen molar-refractivity contribution in [3.8, 4) is 0 Å². The minimum absolute atomic E-state index is 0.0137. The van der Waals surface area contributed by atoms with Crippen LogP contribution in [0.25, 0.3) is 0 Å². The fraction of sp³-hybridized carbons (Fsp3) is 0.538. The number of hydrogen-bond acceptors (Lipinski definition) is 5. The van der Waals surface area contributed by atoms with Gasteiger partial charge in [0.15, 0.2) is 6.10 Å². The highest BCUT2D eigenvalue weighted by Crippen LogP contribution is 2.53. The lowest BCUT2D eigenvalue weighted by atomic mass is 9.85. The number of nitrogens with zero attached hydrogens (tertiary/aromatic N) is 1. The van der Waals surface area contributed by atoms with Crippen LogP contribution in [0.4, 0.5) is 0 Å². The number of ketones is 1. The van der Waals surface area contributed by atoms with E-state index in [9.17, 15) is 19.2 Å². The second-order valence-electron chi connectivity index (χ2n) is 9.86. The van der Waals surface area contributed by atoms with E-state index in [0.717, 1.165) is 12.0 Å². The summed E-state index contributed by atoms with van der Waals surface area (Å²) in [6.45, 7) is 3.55. The zero-order chi connectivity index (χ0) is 22.6. The van der Waals surface area contributed by atoms with Crippen LogP contribution in [0.5, 0.6) is 0 Å². The first-order valence-electron chi connectivity index (χ1n) is 11.7. The van der Waals surface area contributed by atoms with Crippen LogP contribution in [0.1, 0.15) is 54.9 Å². The van der Waals surface area contributed by atoms with Gasteiger partial charge in [0, 0.05) is 11.6 Å².